The Morgan fingerprint density at radius 1 is 1.26 bits per heavy atom. The number of benzene rings is 1. The number of amides is 1. The van der Waals surface area contributed by atoms with Gasteiger partial charge in [0.15, 0.2) is 5.13 Å². The summed E-state index contributed by atoms with van der Waals surface area (Å²) in [4.78, 5) is 27.6. The van der Waals surface area contributed by atoms with Crippen LogP contribution in [-0.4, -0.2) is 16.7 Å². The number of nitrogens with one attached hydrogen (secondary N) is 1. The first-order chi connectivity index (χ1) is 9.22. The highest BCUT2D eigenvalue weighted by atomic mass is 32.1. The van der Waals surface area contributed by atoms with Crippen LogP contribution < -0.4 is 5.32 Å². The van der Waals surface area contributed by atoms with Gasteiger partial charge >= 0.3 is 0 Å². The zero-order valence-electron chi connectivity index (χ0n) is 10.4. The minimum atomic E-state index is -0.0512. The van der Waals surface area contributed by atoms with Crippen LogP contribution in [0.3, 0.4) is 0 Å². The smallest absolute Gasteiger partial charge is 0.229 e. The Hall–Kier alpha value is -1.75. The maximum atomic E-state index is 12.1. The third-order valence-corrected chi connectivity index (χ3v) is 4.39. The molecule has 0 bridgehead atoms. The molecule has 5 heteroatoms. The molecular formula is C14H14N2O2S. The van der Waals surface area contributed by atoms with Crippen LogP contribution in [0.15, 0.2) is 24.3 Å². The van der Waals surface area contributed by atoms with Crippen LogP contribution in [0.25, 0.3) is 10.2 Å². The van der Waals surface area contributed by atoms with Crippen molar-refractivity contribution in [1.29, 1.82) is 0 Å². The molecule has 1 heterocycles. The maximum absolute atomic E-state index is 12.1. The number of Topliss-reactive ketones (excluding diaryl/α,β-unsaturated/α-hetero) is 1. The highest BCUT2D eigenvalue weighted by Gasteiger charge is 2.25. The predicted molar refractivity (Wildman–Crippen MR) is 75.2 cm³/mol. The largest absolute Gasteiger partial charge is 0.302 e. The van der Waals surface area contributed by atoms with Gasteiger partial charge in [0.05, 0.1) is 10.2 Å². The summed E-state index contributed by atoms with van der Waals surface area (Å²) in [5, 5.41) is 3.51. The number of nitrogens with zero attached hydrogens (tertiary/aromatic N) is 1. The molecule has 19 heavy (non-hydrogen) atoms. The number of carbonyl (C=O) groups excluding carboxylic acids is 2. The molecule has 0 spiro atoms. The van der Waals surface area contributed by atoms with Crippen molar-refractivity contribution in [2.24, 2.45) is 5.92 Å². The topological polar surface area (TPSA) is 59.1 Å². The summed E-state index contributed by atoms with van der Waals surface area (Å²) in [6, 6.07) is 7.81. The van der Waals surface area contributed by atoms with Crippen molar-refractivity contribution in [3.8, 4) is 0 Å². The number of anilines is 1. The van der Waals surface area contributed by atoms with E-state index in [0.29, 0.717) is 30.8 Å². The van der Waals surface area contributed by atoms with Crippen molar-refractivity contribution in [2.45, 2.75) is 25.7 Å². The van der Waals surface area contributed by atoms with E-state index in [0.717, 1.165) is 10.2 Å². The Bertz CT molecular complexity index is 592. The number of rotatable bonds is 2. The Balaban J connectivity index is 1.70. The molecule has 2 aromatic rings. The third-order valence-electron chi connectivity index (χ3n) is 3.44. The molecule has 1 aromatic heterocycles. The van der Waals surface area contributed by atoms with Gasteiger partial charge in [-0.15, -0.1) is 0 Å². The number of carbonyl (C=O) groups is 2. The van der Waals surface area contributed by atoms with Crippen LogP contribution in [-0.2, 0) is 9.59 Å². The first-order valence-electron chi connectivity index (χ1n) is 6.40. The van der Waals surface area contributed by atoms with E-state index >= 15 is 0 Å². The van der Waals surface area contributed by atoms with Gasteiger partial charge in [-0.2, -0.15) is 0 Å². The molecule has 1 fully saturated rings. The number of para-hydroxylation sites is 1. The monoisotopic (exact) mass is 274 g/mol. The first-order valence-corrected chi connectivity index (χ1v) is 7.22. The second-order valence-corrected chi connectivity index (χ2v) is 5.82. The summed E-state index contributed by atoms with van der Waals surface area (Å²) in [5.41, 5.74) is 0.904. The van der Waals surface area contributed by atoms with Gasteiger partial charge in [0.25, 0.3) is 0 Å². The summed E-state index contributed by atoms with van der Waals surface area (Å²) in [7, 11) is 0. The van der Waals surface area contributed by atoms with Crippen LogP contribution in [0.5, 0.6) is 0 Å². The van der Waals surface area contributed by atoms with Crippen molar-refractivity contribution >= 4 is 38.4 Å². The molecular weight excluding hydrogens is 260 g/mol. The molecule has 0 saturated heterocycles. The van der Waals surface area contributed by atoms with Crippen molar-refractivity contribution in [1.82, 2.24) is 4.98 Å². The molecule has 0 aliphatic heterocycles. The van der Waals surface area contributed by atoms with Gasteiger partial charge in [-0.3, -0.25) is 9.59 Å². The molecule has 0 radical (unpaired) electrons. The molecule has 1 saturated carbocycles. The number of thiazole rings is 1. The van der Waals surface area contributed by atoms with Crippen LogP contribution in [0, 0.1) is 5.92 Å². The molecule has 3 rings (SSSR count). The highest BCUT2D eigenvalue weighted by Crippen LogP contribution is 2.27. The summed E-state index contributed by atoms with van der Waals surface area (Å²) < 4.78 is 1.07. The molecule has 1 amide bonds. The van der Waals surface area contributed by atoms with Gasteiger partial charge in [0.1, 0.15) is 5.78 Å². The summed E-state index contributed by atoms with van der Waals surface area (Å²) in [6.45, 7) is 0. The van der Waals surface area contributed by atoms with E-state index in [1.54, 1.807) is 0 Å². The fourth-order valence-electron chi connectivity index (χ4n) is 2.34. The second-order valence-electron chi connectivity index (χ2n) is 4.79. The van der Waals surface area contributed by atoms with Crippen LogP contribution in [0.1, 0.15) is 25.7 Å². The van der Waals surface area contributed by atoms with E-state index in [9.17, 15) is 9.59 Å². The summed E-state index contributed by atoms with van der Waals surface area (Å²) >= 11 is 1.48. The van der Waals surface area contributed by atoms with Crippen molar-refractivity contribution in [2.75, 3.05) is 5.32 Å². The number of ketones is 1. The van der Waals surface area contributed by atoms with E-state index < -0.39 is 0 Å². The number of hydrogen-bond acceptors (Lipinski definition) is 4. The standard InChI is InChI=1S/C14H14N2O2S/c17-10-7-5-9(6-8-10)13(18)16-14-15-11-3-1-2-4-12(11)19-14/h1-4,9H,5-8H2,(H,15,16,18). The minimum absolute atomic E-state index is 0.00782. The fraction of sp³-hybridized carbons (Fsp3) is 0.357. The van der Waals surface area contributed by atoms with Crippen molar-refractivity contribution in [3.63, 3.8) is 0 Å². The lowest BCUT2D eigenvalue weighted by molar-refractivity contribution is -0.125. The minimum Gasteiger partial charge on any atom is -0.302 e. The van der Waals surface area contributed by atoms with Gasteiger partial charge in [0.2, 0.25) is 5.91 Å². The number of fused-ring (bicyclic) bond motifs is 1. The predicted octanol–water partition coefficient (Wildman–Crippen LogP) is 2.99. The lowest BCUT2D eigenvalue weighted by atomic mass is 9.88. The van der Waals surface area contributed by atoms with Crippen LogP contribution >= 0.6 is 11.3 Å². The SMILES string of the molecule is O=C1CCC(C(=O)Nc2nc3ccccc3s2)CC1. The molecule has 1 aromatic carbocycles. The average molecular weight is 274 g/mol. The van der Waals surface area contributed by atoms with Crippen LogP contribution in [0.4, 0.5) is 5.13 Å². The molecule has 0 unspecified atom stereocenters. The van der Waals surface area contributed by atoms with Gasteiger partial charge in [-0.25, -0.2) is 4.98 Å². The number of hydrogen-bond donors (Lipinski definition) is 1. The molecule has 1 aliphatic rings. The Kier molecular flexibility index (Phi) is 3.29. The third kappa shape index (κ3) is 2.66. The van der Waals surface area contributed by atoms with Gasteiger partial charge in [-0.05, 0) is 25.0 Å². The van der Waals surface area contributed by atoms with E-state index in [1.807, 2.05) is 24.3 Å². The zero-order valence-corrected chi connectivity index (χ0v) is 11.2. The summed E-state index contributed by atoms with van der Waals surface area (Å²) in [5.74, 6) is 0.209. The zero-order chi connectivity index (χ0) is 13.2. The normalized spacial score (nSPS) is 16.7. The van der Waals surface area contributed by atoms with E-state index in [2.05, 4.69) is 10.3 Å². The lowest BCUT2D eigenvalue weighted by Gasteiger charge is -2.19. The van der Waals surface area contributed by atoms with Gasteiger partial charge in [-0.1, -0.05) is 23.5 Å². The lowest BCUT2D eigenvalue weighted by Crippen LogP contribution is -2.27. The molecule has 1 aliphatic carbocycles. The summed E-state index contributed by atoms with van der Waals surface area (Å²) in [6.07, 6.45) is 2.38. The fourth-order valence-corrected chi connectivity index (χ4v) is 3.20. The molecule has 0 atom stereocenters. The first kappa shape index (κ1) is 12.3. The highest BCUT2D eigenvalue weighted by molar-refractivity contribution is 7.22. The second kappa shape index (κ2) is 5.09. The van der Waals surface area contributed by atoms with Gasteiger partial charge < -0.3 is 5.32 Å². The number of aromatic nitrogens is 1. The molecule has 98 valence electrons. The Labute approximate surface area is 114 Å². The average Bonchev–Trinajstić information content (AvgIpc) is 2.81. The van der Waals surface area contributed by atoms with Crippen LogP contribution in [0.2, 0.25) is 0 Å². The molecule has 1 N–H and O–H groups in total. The van der Waals surface area contributed by atoms with E-state index in [-0.39, 0.29) is 17.6 Å². The van der Waals surface area contributed by atoms with Gasteiger partial charge in [0, 0.05) is 18.8 Å². The van der Waals surface area contributed by atoms with E-state index in [1.165, 1.54) is 11.3 Å². The maximum Gasteiger partial charge on any atom is 0.229 e. The van der Waals surface area contributed by atoms with Crippen molar-refractivity contribution in [3.05, 3.63) is 24.3 Å². The molecule has 4 nitrogen and oxygen atoms in total. The Morgan fingerprint density at radius 2 is 2.00 bits per heavy atom. The Morgan fingerprint density at radius 3 is 2.74 bits per heavy atom. The quantitative estimate of drug-likeness (QED) is 0.915. The van der Waals surface area contributed by atoms with E-state index in [4.69, 9.17) is 0 Å². The van der Waals surface area contributed by atoms with Crippen molar-refractivity contribution < 1.29 is 9.59 Å².